The second-order valence-corrected chi connectivity index (χ2v) is 6.29. The van der Waals surface area contributed by atoms with Gasteiger partial charge in [-0.1, -0.05) is 17.7 Å². The second-order valence-electron chi connectivity index (χ2n) is 6.29. The Balaban J connectivity index is 1.52. The topological polar surface area (TPSA) is 62.7 Å². The average Bonchev–Trinajstić information content (AvgIpc) is 2.96. The summed E-state index contributed by atoms with van der Waals surface area (Å²) in [5.74, 6) is 0.643. The number of aliphatic hydroxyl groups excluding tert-OH is 1. The van der Waals surface area contributed by atoms with E-state index >= 15 is 0 Å². The van der Waals surface area contributed by atoms with E-state index in [0.29, 0.717) is 18.8 Å². The van der Waals surface area contributed by atoms with Crippen LogP contribution in [0.5, 0.6) is 5.75 Å². The lowest BCUT2D eigenvalue weighted by molar-refractivity contribution is -0.132. The summed E-state index contributed by atoms with van der Waals surface area (Å²) < 4.78 is 5.54. The summed E-state index contributed by atoms with van der Waals surface area (Å²) in [5.41, 5.74) is 2.27. The van der Waals surface area contributed by atoms with E-state index in [1.54, 1.807) is 17.3 Å². The zero-order valence-corrected chi connectivity index (χ0v) is 13.8. The fourth-order valence-electron chi connectivity index (χ4n) is 2.95. The molecule has 2 atom stereocenters. The average molecular weight is 326 g/mol. The lowest BCUT2D eigenvalue weighted by atomic mass is 9.97. The van der Waals surface area contributed by atoms with Crippen LogP contribution in [0.4, 0.5) is 0 Å². The number of aromatic nitrogens is 1. The molecule has 5 heteroatoms. The van der Waals surface area contributed by atoms with Crippen LogP contribution in [-0.4, -0.2) is 46.7 Å². The van der Waals surface area contributed by atoms with Crippen LogP contribution < -0.4 is 4.74 Å². The number of amides is 1. The molecule has 1 fully saturated rings. The fourth-order valence-corrected chi connectivity index (χ4v) is 2.95. The van der Waals surface area contributed by atoms with Crippen molar-refractivity contribution < 1.29 is 14.6 Å². The van der Waals surface area contributed by atoms with Crippen molar-refractivity contribution in [3.63, 3.8) is 0 Å². The first-order valence-electron chi connectivity index (χ1n) is 8.16. The third-order valence-electron chi connectivity index (χ3n) is 4.39. The summed E-state index contributed by atoms with van der Waals surface area (Å²) in [6.45, 7) is 2.92. The maximum atomic E-state index is 12.3. The van der Waals surface area contributed by atoms with Crippen LogP contribution in [0, 0.1) is 12.8 Å². The number of hydrogen-bond acceptors (Lipinski definition) is 4. The molecule has 5 nitrogen and oxygen atoms in total. The Bertz CT molecular complexity index is 673. The van der Waals surface area contributed by atoms with E-state index in [-0.39, 0.29) is 18.4 Å². The Kier molecular flexibility index (Phi) is 5.11. The summed E-state index contributed by atoms with van der Waals surface area (Å²) >= 11 is 0. The summed E-state index contributed by atoms with van der Waals surface area (Å²) in [5, 5.41) is 10.2. The van der Waals surface area contributed by atoms with Crippen molar-refractivity contribution in [2.24, 2.45) is 5.92 Å². The lowest BCUT2D eigenvalue weighted by Crippen LogP contribution is -2.33. The third-order valence-corrected chi connectivity index (χ3v) is 4.39. The molecule has 1 saturated heterocycles. The van der Waals surface area contributed by atoms with Gasteiger partial charge in [-0.2, -0.15) is 0 Å². The Hall–Kier alpha value is -2.40. The van der Waals surface area contributed by atoms with Gasteiger partial charge in [-0.25, -0.2) is 0 Å². The number of carbonyl (C=O) groups excluding carboxylic acids is 1. The number of pyridine rings is 1. The number of likely N-dealkylation sites (tertiary alicyclic amines) is 1. The number of ether oxygens (including phenoxy) is 1. The van der Waals surface area contributed by atoms with Crippen molar-refractivity contribution in [2.75, 3.05) is 19.7 Å². The summed E-state index contributed by atoms with van der Waals surface area (Å²) in [6.07, 6.45) is 3.73. The molecule has 1 amide bonds. The number of rotatable bonds is 5. The maximum Gasteiger partial charge on any atom is 0.260 e. The molecule has 3 rings (SSSR count). The van der Waals surface area contributed by atoms with Gasteiger partial charge in [0.1, 0.15) is 5.75 Å². The van der Waals surface area contributed by atoms with E-state index in [1.165, 1.54) is 0 Å². The minimum atomic E-state index is -0.499. The van der Waals surface area contributed by atoms with Crippen molar-refractivity contribution >= 4 is 5.91 Å². The molecular weight excluding hydrogens is 304 g/mol. The summed E-state index contributed by atoms with van der Waals surface area (Å²) in [6, 6.07) is 11.5. The molecule has 0 saturated carbocycles. The molecule has 1 N–H and O–H groups in total. The fraction of sp³-hybridized carbons (Fsp3) is 0.368. The number of carbonyl (C=O) groups is 1. The van der Waals surface area contributed by atoms with Crippen LogP contribution in [0.3, 0.4) is 0 Å². The van der Waals surface area contributed by atoms with Crippen LogP contribution in [-0.2, 0) is 11.2 Å². The largest absolute Gasteiger partial charge is 0.484 e. The Morgan fingerprint density at radius 1 is 1.21 bits per heavy atom. The van der Waals surface area contributed by atoms with Crippen molar-refractivity contribution in [3.05, 3.63) is 59.9 Å². The maximum absolute atomic E-state index is 12.3. The number of aliphatic hydroxyl groups is 1. The van der Waals surface area contributed by atoms with Gasteiger partial charge >= 0.3 is 0 Å². The Labute approximate surface area is 141 Å². The molecule has 1 aromatic heterocycles. The van der Waals surface area contributed by atoms with Crippen molar-refractivity contribution in [1.82, 2.24) is 9.88 Å². The Morgan fingerprint density at radius 2 is 1.92 bits per heavy atom. The third kappa shape index (κ3) is 4.11. The highest BCUT2D eigenvalue weighted by Crippen LogP contribution is 2.21. The number of aryl methyl sites for hydroxylation is 1. The Morgan fingerprint density at radius 3 is 2.62 bits per heavy atom. The number of β-amino-alcohol motifs (C(OH)–C–C–N with tert-alkyl or cyclic N) is 1. The van der Waals surface area contributed by atoms with Crippen LogP contribution in [0.1, 0.15) is 11.1 Å². The van der Waals surface area contributed by atoms with E-state index in [2.05, 4.69) is 4.98 Å². The zero-order chi connectivity index (χ0) is 16.9. The van der Waals surface area contributed by atoms with E-state index < -0.39 is 6.10 Å². The molecule has 0 spiro atoms. The zero-order valence-electron chi connectivity index (χ0n) is 13.8. The molecule has 126 valence electrons. The molecular formula is C19H22N2O3. The van der Waals surface area contributed by atoms with Gasteiger partial charge in [0.05, 0.1) is 6.10 Å². The van der Waals surface area contributed by atoms with Gasteiger partial charge in [-0.05, 0) is 43.2 Å². The summed E-state index contributed by atoms with van der Waals surface area (Å²) in [7, 11) is 0. The van der Waals surface area contributed by atoms with Gasteiger partial charge in [-0.3, -0.25) is 9.78 Å². The van der Waals surface area contributed by atoms with Crippen LogP contribution in [0.15, 0.2) is 48.8 Å². The normalized spacial score (nSPS) is 20.2. The first-order chi connectivity index (χ1) is 11.6. The van der Waals surface area contributed by atoms with Crippen molar-refractivity contribution in [1.29, 1.82) is 0 Å². The lowest BCUT2D eigenvalue weighted by Gasteiger charge is -2.16. The molecule has 1 aliphatic rings. The van der Waals surface area contributed by atoms with E-state index in [1.807, 2.05) is 43.3 Å². The molecule has 1 aromatic carbocycles. The monoisotopic (exact) mass is 326 g/mol. The van der Waals surface area contributed by atoms with Gasteiger partial charge in [0.25, 0.3) is 5.91 Å². The molecule has 0 aliphatic carbocycles. The standard InChI is InChI=1S/C19H22N2O3/c1-14-2-4-17(5-3-14)24-13-19(23)21-11-16(18(22)12-21)10-15-6-8-20-9-7-15/h2-9,16,18,22H,10-13H2,1H3/t16-,18+/m1/s1. The molecule has 0 bridgehead atoms. The molecule has 2 aromatic rings. The quantitative estimate of drug-likeness (QED) is 0.910. The first kappa shape index (κ1) is 16.5. The smallest absolute Gasteiger partial charge is 0.260 e. The highest BCUT2D eigenvalue weighted by molar-refractivity contribution is 5.78. The van der Waals surface area contributed by atoms with E-state index in [0.717, 1.165) is 17.5 Å². The van der Waals surface area contributed by atoms with Gasteiger partial charge in [0.2, 0.25) is 0 Å². The van der Waals surface area contributed by atoms with Crippen LogP contribution in [0.2, 0.25) is 0 Å². The molecule has 0 unspecified atom stereocenters. The van der Waals surface area contributed by atoms with E-state index in [4.69, 9.17) is 4.74 Å². The number of hydrogen-bond donors (Lipinski definition) is 1. The molecule has 0 radical (unpaired) electrons. The second kappa shape index (κ2) is 7.45. The predicted octanol–water partition coefficient (Wildman–Crippen LogP) is 1.83. The summed E-state index contributed by atoms with van der Waals surface area (Å²) in [4.78, 5) is 18.0. The van der Waals surface area contributed by atoms with Gasteiger partial charge in [-0.15, -0.1) is 0 Å². The van der Waals surface area contributed by atoms with E-state index in [9.17, 15) is 9.90 Å². The van der Waals surface area contributed by atoms with Crippen LogP contribution >= 0.6 is 0 Å². The molecule has 1 aliphatic heterocycles. The number of benzene rings is 1. The first-order valence-corrected chi connectivity index (χ1v) is 8.16. The van der Waals surface area contributed by atoms with Crippen LogP contribution in [0.25, 0.3) is 0 Å². The van der Waals surface area contributed by atoms with Gasteiger partial charge < -0.3 is 14.7 Å². The van der Waals surface area contributed by atoms with Crippen molar-refractivity contribution in [2.45, 2.75) is 19.4 Å². The molecule has 24 heavy (non-hydrogen) atoms. The minimum absolute atomic E-state index is 0.00222. The predicted molar refractivity (Wildman–Crippen MR) is 90.7 cm³/mol. The van der Waals surface area contributed by atoms with Crippen molar-refractivity contribution in [3.8, 4) is 5.75 Å². The highest BCUT2D eigenvalue weighted by Gasteiger charge is 2.33. The highest BCUT2D eigenvalue weighted by atomic mass is 16.5. The van der Waals surface area contributed by atoms with Gasteiger partial charge in [0, 0.05) is 31.4 Å². The molecule has 2 heterocycles. The minimum Gasteiger partial charge on any atom is -0.484 e. The van der Waals surface area contributed by atoms with Gasteiger partial charge in [0.15, 0.2) is 6.61 Å². The number of nitrogens with zero attached hydrogens (tertiary/aromatic N) is 2. The SMILES string of the molecule is Cc1ccc(OCC(=O)N2C[C@@H](Cc3ccncc3)[C@@H](O)C2)cc1.